The first-order chi connectivity index (χ1) is 11.2. The van der Waals surface area contributed by atoms with Gasteiger partial charge in [-0.3, -0.25) is 9.09 Å². The zero-order valence-electron chi connectivity index (χ0n) is 11.8. The lowest BCUT2D eigenvalue weighted by Gasteiger charge is -2.20. The van der Waals surface area contributed by atoms with Crippen molar-refractivity contribution in [3.8, 4) is 0 Å². The SMILES string of the molecule is [N-]=[N+]=NOC[C@H]1O[C@@H](n2ccc(N)nc2=O)[C@H](O)[C@@H]1OP(=O)(O)O. The molecule has 1 saturated heterocycles. The number of phosphoric acid groups is 1. The fourth-order valence-electron chi connectivity index (χ4n) is 2.12. The zero-order chi connectivity index (χ0) is 17.9. The van der Waals surface area contributed by atoms with E-state index in [9.17, 15) is 14.5 Å². The van der Waals surface area contributed by atoms with E-state index in [-0.39, 0.29) is 5.82 Å². The predicted octanol–water partition coefficient (Wildman–Crippen LogP) is -1.20. The minimum Gasteiger partial charge on any atom is -0.431 e. The van der Waals surface area contributed by atoms with Crippen molar-refractivity contribution >= 4 is 13.6 Å². The molecule has 1 fully saturated rings. The van der Waals surface area contributed by atoms with Gasteiger partial charge in [-0.2, -0.15) is 4.98 Å². The number of aromatic nitrogens is 2. The van der Waals surface area contributed by atoms with Crippen LogP contribution in [-0.4, -0.2) is 49.4 Å². The Balaban J connectivity index is 2.29. The molecule has 132 valence electrons. The molecule has 5 N–H and O–H groups in total. The Hall–Kier alpha value is -2.18. The van der Waals surface area contributed by atoms with E-state index >= 15 is 0 Å². The van der Waals surface area contributed by atoms with Gasteiger partial charge in [0.2, 0.25) is 0 Å². The van der Waals surface area contributed by atoms with Crippen LogP contribution in [0.5, 0.6) is 0 Å². The third-order valence-electron chi connectivity index (χ3n) is 3.03. The van der Waals surface area contributed by atoms with Crippen molar-refractivity contribution in [2.45, 2.75) is 24.5 Å². The normalized spacial score (nSPS) is 26.8. The molecule has 1 aromatic rings. The summed E-state index contributed by atoms with van der Waals surface area (Å²) in [7, 11) is -4.99. The Labute approximate surface area is 133 Å². The van der Waals surface area contributed by atoms with Crippen LogP contribution in [0, 0.1) is 0 Å². The smallest absolute Gasteiger partial charge is 0.431 e. The number of hydrogen-bond donors (Lipinski definition) is 4. The molecule has 2 heterocycles. The molecule has 0 aliphatic carbocycles. The van der Waals surface area contributed by atoms with Crippen LogP contribution in [0.3, 0.4) is 0 Å². The van der Waals surface area contributed by atoms with Gasteiger partial charge < -0.3 is 30.2 Å². The molecule has 0 saturated carbocycles. The van der Waals surface area contributed by atoms with Gasteiger partial charge in [-0.1, -0.05) is 0 Å². The topological polar surface area (TPSA) is 215 Å². The summed E-state index contributed by atoms with van der Waals surface area (Å²) < 4.78 is 21.7. The van der Waals surface area contributed by atoms with E-state index in [2.05, 4.69) is 24.5 Å². The summed E-state index contributed by atoms with van der Waals surface area (Å²) >= 11 is 0. The van der Waals surface area contributed by atoms with Crippen LogP contribution in [0.1, 0.15) is 6.23 Å². The number of aliphatic hydroxyl groups excluding tert-OH is 1. The van der Waals surface area contributed by atoms with E-state index in [0.717, 1.165) is 4.57 Å². The Morgan fingerprint density at radius 3 is 2.88 bits per heavy atom. The summed E-state index contributed by atoms with van der Waals surface area (Å²) in [6, 6.07) is 1.26. The highest BCUT2D eigenvalue weighted by Gasteiger charge is 2.49. The second-order valence-electron chi connectivity index (χ2n) is 4.63. The van der Waals surface area contributed by atoms with Gasteiger partial charge in [0.25, 0.3) is 0 Å². The summed E-state index contributed by atoms with van der Waals surface area (Å²) in [4.78, 5) is 40.0. The molecule has 0 radical (unpaired) electrons. The number of nitrogens with two attached hydrogens (primary N) is 1. The van der Waals surface area contributed by atoms with Gasteiger partial charge in [-0.15, -0.1) is 0 Å². The highest BCUT2D eigenvalue weighted by Crippen LogP contribution is 2.43. The van der Waals surface area contributed by atoms with Crippen LogP contribution >= 0.6 is 7.82 Å². The van der Waals surface area contributed by atoms with E-state index in [4.69, 9.17) is 25.8 Å². The molecule has 0 spiro atoms. The first-order valence-corrected chi connectivity index (χ1v) is 7.84. The van der Waals surface area contributed by atoms with Gasteiger partial charge in [-0.25, -0.2) is 9.36 Å². The molecule has 1 aromatic heterocycles. The van der Waals surface area contributed by atoms with Crippen LogP contribution in [0.4, 0.5) is 5.82 Å². The van der Waals surface area contributed by atoms with Gasteiger partial charge >= 0.3 is 13.5 Å². The molecule has 0 bridgehead atoms. The Bertz CT molecular complexity index is 744. The van der Waals surface area contributed by atoms with Crippen molar-refractivity contribution in [3.05, 3.63) is 33.2 Å². The number of ether oxygens (including phenoxy) is 1. The van der Waals surface area contributed by atoms with E-state index in [1.807, 2.05) is 0 Å². The molecular weight excluding hydrogens is 351 g/mol. The third kappa shape index (κ3) is 4.21. The first-order valence-electron chi connectivity index (χ1n) is 6.31. The molecule has 15 heteroatoms. The van der Waals surface area contributed by atoms with Crippen LogP contribution in [0.25, 0.3) is 10.4 Å². The average Bonchev–Trinajstić information content (AvgIpc) is 2.75. The highest BCUT2D eigenvalue weighted by molar-refractivity contribution is 7.46. The lowest BCUT2D eigenvalue weighted by Crippen LogP contribution is -2.37. The quantitative estimate of drug-likeness (QED) is 0.155. The number of rotatable bonds is 6. The van der Waals surface area contributed by atoms with Crippen LogP contribution in [-0.2, 0) is 18.7 Å². The van der Waals surface area contributed by atoms with E-state index in [0.29, 0.717) is 0 Å². The van der Waals surface area contributed by atoms with E-state index < -0.39 is 44.7 Å². The van der Waals surface area contributed by atoms with Crippen molar-refractivity contribution in [1.82, 2.24) is 9.55 Å². The number of phosphoric ester groups is 1. The number of nitrogens with zero attached hydrogens (tertiary/aromatic N) is 5. The number of anilines is 1. The Kier molecular flexibility index (Phi) is 5.41. The highest BCUT2D eigenvalue weighted by atomic mass is 31.2. The van der Waals surface area contributed by atoms with Crippen molar-refractivity contribution in [2.24, 2.45) is 5.28 Å². The molecule has 24 heavy (non-hydrogen) atoms. The summed E-state index contributed by atoms with van der Waals surface area (Å²) in [6.07, 6.45) is -4.65. The molecule has 14 nitrogen and oxygen atoms in total. The molecule has 1 aliphatic rings. The number of aliphatic hydroxyl groups is 1. The summed E-state index contributed by atoms with van der Waals surface area (Å²) in [5, 5.41) is 13.0. The molecule has 2 rings (SSSR count). The molecule has 0 unspecified atom stereocenters. The van der Waals surface area contributed by atoms with Crippen molar-refractivity contribution in [2.75, 3.05) is 12.3 Å². The fraction of sp³-hybridized carbons (Fsp3) is 0.556. The van der Waals surface area contributed by atoms with Crippen molar-refractivity contribution < 1.29 is 33.6 Å². The maximum absolute atomic E-state index is 11.8. The first kappa shape index (κ1) is 18.2. The molecular formula is C9H13N6O8P. The van der Waals surface area contributed by atoms with Crippen LogP contribution in [0.15, 0.2) is 22.3 Å². The zero-order valence-corrected chi connectivity index (χ0v) is 12.7. The number of azide groups is 1. The summed E-state index contributed by atoms with van der Waals surface area (Å²) in [6.45, 7) is -0.487. The van der Waals surface area contributed by atoms with E-state index in [1.165, 1.54) is 12.3 Å². The second-order valence-corrected chi connectivity index (χ2v) is 5.82. The molecule has 0 aromatic carbocycles. The van der Waals surface area contributed by atoms with Crippen molar-refractivity contribution in [3.63, 3.8) is 0 Å². The minimum absolute atomic E-state index is 0.0602. The van der Waals surface area contributed by atoms with Gasteiger partial charge in [0.05, 0.1) is 0 Å². The summed E-state index contributed by atoms with van der Waals surface area (Å²) in [5.74, 6) is -0.0602. The number of hydrogen-bond acceptors (Lipinski definition) is 9. The van der Waals surface area contributed by atoms with Gasteiger partial charge in [0, 0.05) is 11.1 Å². The lowest BCUT2D eigenvalue weighted by atomic mass is 10.1. The maximum atomic E-state index is 11.8. The predicted molar refractivity (Wildman–Crippen MR) is 74.8 cm³/mol. The Morgan fingerprint density at radius 2 is 2.29 bits per heavy atom. The van der Waals surface area contributed by atoms with E-state index in [1.54, 1.807) is 0 Å². The van der Waals surface area contributed by atoms with Crippen molar-refractivity contribution in [1.29, 1.82) is 0 Å². The van der Waals surface area contributed by atoms with Gasteiger partial charge in [0.15, 0.2) is 6.23 Å². The average molecular weight is 364 g/mol. The van der Waals surface area contributed by atoms with Crippen LogP contribution in [0.2, 0.25) is 0 Å². The minimum atomic E-state index is -4.99. The molecule has 4 atom stereocenters. The van der Waals surface area contributed by atoms with Gasteiger partial charge in [-0.05, 0) is 11.6 Å². The number of nitrogen functional groups attached to an aromatic ring is 1. The fourth-order valence-corrected chi connectivity index (χ4v) is 2.70. The maximum Gasteiger partial charge on any atom is 0.470 e. The molecule has 0 amide bonds. The Morgan fingerprint density at radius 1 is 1.58 bits per heavy atom. The third-order valence-corrected chi connectivity index (χ3v) is 3.55. The lowest BCUT2D eigenvalue weighted by molar-refractivity contribution is -0.0682. The monoisotopic (exact) mass is 364 g/mol. The standard InChI is InChI=1S/C9H13N6O8P/c10-5-1-2-15(9(17)12-5)8-6(16)7(23-24(18,19)20)4(22-8)3-21-14-13-11/h1-2,4,6-8,16H,3H2,(H2,10,12,17)(H2,18,19,20)/t4-,6-,7-,8-/m1/s1. The summed E-state index contributed by atoms with van der Waals surface area (Å²) in [5.41, 5.74) is 12.7. The van der Waals surface area contributed by atoms with Crippen LogP contribution < -0.4 is 11.4 Å². The largest absolute Gasteiger partial charge is 0.470 e. The molecule has 1 aliphatic heterocycles. The second kappa shape index (κ2) is 7.15. The van der Waals surface area contributed by atoms with Gasteiger partial charge in [0.1, 0.15) is 36.0 Å².